The van der Waals surface area contributed by atoms with Crippen molar-refractivity contribution in [1.82, 2.24) is 0 Å². The van der Waals surface area contributed by atoms with Crippen molar-refractivity contribution in [3.05, 3.63) is 233 Å². The van der Waals surface area contributed by atoms with Gasteiger partial charge in [0.2, 0.25) is 0 Å². The molecule has 0 bridgehead atoms. The summed E-state index contributed by atoms with van der Waals surface area (Å²) >= 11 is 0. The Morgan fingerprint density at radius 2 is 1.18 bits per heavy atom. The van der Waals surface area contributed by atoms with Gasteiger partial charge in [-0.25, -0.2) is 4.99 Å². The molecule has 0 saturated heterocycles. The Bertz CT molecular complexity index is 2600. The molecule has 0 aromatic heterocycles. The highest BCUT2D eigenvalue weighted by Gasteiger charge is 2.49. The monoisotopic (exact) mass is 724 g/mol. The van der Waals surface area contributed by atoms with Crippen LogP contribution in [0.2, 0.25) is 0 Å². The summed E-state index contributed by atoms with van der Waals surface area (Å²) in [5, 5.41) is 0. The number of ether oxygens (including phenoxy) is 1. The van der Waals surface area contributed by atoms with E-state index in [0.29, 0.717) is 12.4 Å². The van der Waals surface area contributed by atoms with E-state index in [1.165, 1.54) is 11.1 Å². The average molecular weight is 725 g/mol. The standard InChI is InChI=1S/C51H40N4O/c52-31-11-16-43-32-42-30-29-41(33-46(42)51(43)44-17-7-9-19-47(44)56-48-20-10-8-18-45(48)51)38-23-27-40(28-24-38)50(54-34-35-12-3-1-4-13-35)55-49(53)39-25-21-37(22-26-39)36-14-5-2-6-15-36/h1-30,32-34,50H,31,52H2,(H2,53,55)/b16-11-,54-34?. The lowest BCUT2D eigenvalue weighted by Crippen LogP contribution is -2.32. The van der Waals surface area contributed by atoms with Crippen LogP contribution < -0.4 is 16.2 Å². The number of hydrogen-bond donors (Lipinski definition) is 2. The number of hydrogen-bond acceptors (Lipinski definition) is 4. The number of aliphatic imine (C=N–C) groups is 2. The molecule has 0 radical (unpaired) electrons. The predicted octanol–water partition coefficient (Wildman–Crippen LogP) is 10.9. The van der Waals surface area contributed by atoms with Gasteiger partial charge in [0.25, 0.3) is 0 Å². The van der Waals surface area contributed by atoms with Crippen LogP contribution in [0.4, 0.5) is 0 Å². The number of amidine groups is 1. The minimum atomic E-state index is -0.564. The molecule has 5 heteroatoms. The molecule has 4 N–H and O–H groups in total. The summed E-state index contributed by atoms with van der Waals surface area (Å²) in [6, 6.07) is 60.6. The Morgan fingerprint density at radius 3 is 1.86 bits per heavy atom. The third-order valence-corrected chi connectivity index (χ3v) is 10.7. The van der Waals surface area contributed by atoms with E-state index in [0.717, 1.165) is 67.1 Å². The second kappa shape index (κ2) is 15.0. The summed E-state index contributed by atoms with van der Waals surface area (Å²) in [7, 11) is 0. The number of nitrogens with two attached hydrogens (primary N) is 2. The zero-order valence-electron chi connectivity index (χ0n) is 30.8. The summed E-state index contributed by atoms with van der Waals surface area (Å²) < 4.78 is 6.50. The van der Waals surface area contributed by atoms with Crippen LogP contribution in [-0.4, -0.2) is 18.6 Å². The third-order valence-electron chi connectivity index (χ3n) is 10.7. The van der Waals surface area contributed by atoms with Crippen molar-refractivity contribution in [1.29, 1.82) is 0 Å². The van der Waals surface area contributed by atoms with Crippen LogP contribution in [0.25, 0.3) is 28.3 Å². The smallest absolute Gasteiger partial charge is 0.167 e. The zero-order valence-corrected chi connectivity index (χ0v) is 30.8. The van der Waals surface area contributed by atoms with E-state index in [9.17, 15) is 0 Å². The lowest BCUT2D eigenvalue weighted by Gasteiger charge is -2.40. The number of para-hydroxylation sites is 2. The van der Waals surface area contributed by atoms with Gasteiger partial charge in [0, 0.05) is 29.4 Å². The summed E-state index contributed by atoms with van der Waals surface area (Å²) in [5.41, 5.74) is 25.2. The fourth-order valence-corrected chi connectivity index (χ4v) is 7.99. The largest absolute Gasteiger partial charge is 0.457 e. The lowest BCUT2D eigenvalue weighted by molar-refractivity contribution is 0.436. The molecule has 1 aliphatic heterocycles. The Labute approximate surface area is 327 Å². The van der Waals surface area contributed by atoms with E-state index >= 15 is 0 Å². The topological polar surface area (TPSA) is 86.0 Å². The van der Waals surface area contributed by atoms with Gasteiger partial charge in [0.1, 0.15) is 17.3 Å². The van der Waals surface area contributed by atoms with E-state index in [1.807, 2.05) is 85.1 Å². The molecule has 7 aromatic carbocycles. The van der Waals surface area contributed by atoms with E-state index in [4.69, 9.17) is 26.2 Å². The molecule has 7 aromatic rings. The molecule has 0 fully saturated rings. The van der Waals surface area contributed by atoms with Crippen LogP contribution in [0.15, 0.2) is 204 Å². The maximum absolute atomic E-state index is 6.69. The van der Waals surface area contributed by atoms with E-state index in [-0.39, 0.29) is 0 Å². The second-order valence-electron chi connectivity index (χ2n) is 14.0. The molecule has 1 aliphatic carbocycles. The molecule has 1 unspecified atom stereocenters. The molecule has 56 heavy (non-hydrogen) atoms. The number of allylic oxidation sites excluding steroid dienone is 2. The molecule has 1 atom stereocenters. The SMILES string of the molecule is NC/C=C\C1=Cc2ccc(-c3ccc(C(N=Cc4ccccc4)N=C(N)c4ccc(-c5ccccc5)cc4)cc3)cc2C12c1ccccc1Oc1ccccc12. The van der Waals surface area contributed by atoms with Crippen LogP contribution >= 0.6 is 0 Å². The predicted molar refractivity (Wildman–Crippen MR) is 230 cm³/mol. The zero-order chi connectivity index (χ0) is 37.9. The third kappa shape index (κ3) is 6.34. The van der Waals surface area contributed by atoms with E-state index in [1.54, 1.807) is 0 Å². The van der Waals surface area contributed by atoms with Crippen LogP contribution in [-0.2, 0) is 5.41 Å². The van der Waals surface area contributed by atoms with Crippen LogP contribution in [0.1, 0.15) is 45.1 Å². The average Bonchev–Trinajstić information content (AvgIpc) is 3.58. The fourth-order valence-electron chi connectivity index (χ4n) is 7.99. The highest BCUT2D eigenvalue weighted by Crippen LogP contribution is 2.59. The van der Waals surface area contributed by atoms with Gasteiger partial charge >= 0.3 is 0 Å². The van der Waals surface area contributed by atoms with Gasteiger partial charge < -0.3 is 16.2 Å². The first-order valence-corrected chi connectivity index (χ1v) is 18.9. The van der Waals surface area contributed by atoms with Crippen molar-refractivity contribution in [2.24, 2.45) is 21.5 Å². The first kappa shape index (κ1) is 34.7. The van der Waals surface area contributed by atoms with Gasteiger partial charge in [0.15, 0.2) is 6.17 Å². The number of fused-ring (bicyclic) bond motifs is 6. The van der Waals surface area contributed by atoms with Crippen molar-refractivity contribution in [3.63, 3.8) is 0 Å². The highest BCUT2D eigenvalue weighted by molar-refractivity contribution is 5.98. The van der Waals surface area contributed by atoms with Gasteiger partial charge in [-0.15, -0.1) is 0 Å². The van der Waals surface area contributed by atoms with Crippen LogP contribution in [0.5, 0.6) is 11.5 Å². The number of rotatable bonds is 9. The van der Waals surface area contributed by atoms with Crippen LogP contribution in [0.3, 0.4) is 0 Å². The second-order valence-corrected chi connectivity index (χ2v) is 14.0. The quantitative estimate of drug-likeness (QED) is 0.115. The Hall–Kier alpha value is -7.08. The number of benzene rings is 7. The maximum Gasteiger partial charge on any atom is 0.167 e. The first-order valence-electron chi connectivity index (χ1n) is 18.9. The lowest BCUT2D eigenvalue weighted by atomic mass is 9.65. The highest BCUT2D eigenvalue weighted by atomic mass is 16.5. The van der Waals surface area contributed by atoms with Crippen molar-refractivity contribution in [3.8, 4) is 33.8 Å². The molecule has 5 nitrogen and oxygen atoms in total. The molecule has 0 saturated carbocycles. The Balaban J connectivity index is 1.09. The van der Waals surface area contributed by atoms with Gasteiger partial charge in [-0.05, 0) is 74.4 Å². The maximum atomic E-state index is 6.69. The van der Waals surface area contributed by atoms with Crippen molar-refractivity contribution < 1.29 is 4.74 Å². The minimum Gasteiger partial charge on any atom is -0.457 e. The molecule has 0 amide bonds. The summed E-state index contributed by atoms with van der Waals surface area (Å²) in [6.07, 6.45) is 7.82. The van der Waals surface area contributed by atoms with Gasteiger partial charge in [0.05, 0.1) is 5.41 Å². The molecular formula is C51H40N4O. The normalized spacial score (nSPS) is 14.6. The molecule has 1 heterocycles. The molecule has 9 rings (SSSR count). The van der Waals surface area contributed by atoms with Crippen LogP contribution in [0, 0.1) is 0 Å². The van der Waals surface area contributed by atoms with Crippen molar-refractivity contribution in [2.75, 3.05) is 6.54 Å². The number of nitrogens with zero attached hydrogens (tertiary/aromatic N) is 2. The van der Waals surface area contributed by atoms with E-state index < -0.39 is 11.6 Å². The van der Waals surface area contributed by atoms with Gasteiger partial charge in [-0.1, -0.05) is 170 Å². The Kier molecular flexibility index (Phi) is 9.27. The van der Waals surface area contributed by atoms with Crippen molar-refractivity contribution >= 4 is 18.1 Å². The minimum absolute atomic E-state index is 0.428. The van der Waals surface area contributed by atoms with E-state index in [2.05, 4.69) is 115 Å². The molecule has 1 spiro atoms. The van der Waals surface area contributed by atoms with Crippen molar-refractivity contribution in [2.45, 2.75) is 11.6 Å². The summed E-state index contributed by atoms with van der Waals surface area (Å²) in [5.74, 6) is 2.14. The summed E-state index contributed by atoms with van der Waals surface area (Å²) in [4.78, 5) is 9.93. The molecule has 2 aliphatic rings. The molecule has 270 valence electrons. The van der Waals surface area contributed by atoms with Gasteiger partial charge in [-0.2, -0.15) is 0 Å². The fraction of sp³-hybridized carbons (Fsp3) is 0.0588. The van der Waals surface area contributed by atoms with Gasteiger partial charge in [-0.3, -0.25) is 4.99 Å². The Morgan fingerprint density at radius 1 is 0.607 bits per heavy atom. The first-order chi connectivity index (χ1) is 27.6. The molecular weight excluding hydrogens is 685 g/mol. The summed E-state index contributed by atoms with van der Waals surface area (Å²) in [6.45, 7) is 0.452.